The van der Waals surface area contributed by atoms with E-state index in [1.807, 2.05) is 76.2 Å². The molecule has 0 bridgehead atoms. The minimum atomic E-state index is -0.548. The molecule has 2 rings (SSSR count). The Morgan fingerprint density at radius 1 is 1.16 bits per heavy atom. The Morgan fingerprint density at radius 3 is 2.44 bits per heavy atom. The van der Waals surface area contributed by atoms with Crippen molar-refractivity contribution < 1.29 is 14.3 Å². The predicted octanol–water partition coefficient (Wildman–Crippen LogP) is 5.55. The summed E-state index contributed by atoms with van der Waals surface area (Å²) in [7, 11) is 1.61. The molecule has 0 heterocycles. The molecule has 0 fully saturated rings. The van der Waals surface area contributed by atoms with Crippen LogP contribution in [0.5, 0.6) is 5.75 Å². The summed E-state index contributed by atoms with van der Waals surface area (Å²) in [6.45, 7) is 8.09. The number of halogens is 1. The van der Waals surface area contributed by atoms with Crippen molar-refractivity contribution in [3.05, 3.63) is 59.1 Å². The lowest BCUT2D eigenvalue weighted by atomic mass is 10.1. The number of amides is 2. The molecule has 0 aliphatic heterocycles. The number of carbonyl (C=O) groups excluding carboxylic acids is 2. The van der Waals surface area contributed by atoms with Crippen molar-refractivity contribution in [3.8, 4) is 5.75 Å². The highest BCUT2D eigenvalue weighted by atomic mass is 35.5. The van der Waals surface area contributed by atoms with Gasteiger partial charge in [0.2, 0.25) is 11.8 Å². The van der Waals surface area contributed by atoms with Crippen molar-refractivity contribution in [2.24, 2.45) is 0 Å². The molecule has 32 heavy (non-hydrogen) atoms. The lowest BCUT2D eigenvalue weighted by Gasteiger charge is -2.33. The van der Waals surface area contributed by atoms with Crippen LogP contribution in [0, 0.1) is 0 Å². The number of rotatable bonds is 10. The van der Waals surface area contributed by atoms with Gasteiger partial charge in [0, 0.05) is 34.2 Å². The largest absolute Gasteiger partial charge is 0.497 e. The van der Waals surface area contributed by atoms with E-state index in [9.17, 15) is 9.59 Å². The average molecular weight is 477 g/mol. The van der Waals surface area contributed by atoms with Gasteiger partial charge in [-0.3, -0.25) is 9.59 Å². The summed E-state index contributed by atoms with van der Waals surface area (Å²) < 4.78 is 5.32. The molecule has 5 nitrogen and oxygen atoms in total. The molecule has 2 amide bonds. The number of ether oxygens (including phenoxy) is 1. The van der Waals surface area contributed by atoms with Crippen LogP contribution in [0.15, 0.2) is 53.4 Å². The van der Waals surface area contributed by atoms with Gasteiger partial charge in [0.1, 0.15) is 11.8 Å². The molecule has 7 heteroatoms. The number of nitrogens with zero attached hydrogens (tertiary/aromatic N) is 1. The number of carbonyl (C=O) groups is 2. The first-order valence-electron chi connectivity index (χ1n) is 10.8. The summed E-state index contributed by atoms with van der Waals surface area (Å²) in [4.78, 5) is 29.1. The molecule has 0 aliphatic carbocycles. The molecule has 1 N–H and O–H groups in total. The normalized spacial score (nSPS) is 12.2. The monoisotopic (exact) mass is 476 g/mol. The van der Waals surface area contributed by atoms with Gasteiger partial charge in [0.25, 0.3) is 0 Å². The molecular formula is C25H33ClN2O3S. The molecule has 1 atom stereocenters. The zero-order valence-corrected chi connectivity index (χ0v) is 21.1. The third-order valence-corrected chi connectivity index (χ3v) is 6.04. The smallest absolute Gasteiger partial charge is 0.243 e. The quantitative estimate of drug-likeness (QED) is 0.456. The zero-order valence-electron chi connectivity index (χ0n) is 19.5. The van der Waals surface area contributed by atoms with Crippen molar-refractivity contribution in [2.75, 3.05) is 12.9 Å². The molecule has 0 radical (unpaired) electrons. The topological polar surface area (TPSA) is 58.6 Å². The summed E-state index contributed by atoms with van der Waals surface area (Å²) >= 11 is 7.54. The summed E-state index contributed by atoms with van der Waals surface area (Å²) in [5.41, 5.74) is 0.546. The third kappa shape index (κ3) is 8.40. The van der Waals surface area contributed by atoms with E-state index in [2.05, 4.69) is 5.32 Å². The van der Waals surface area contributed by atoms with E-state index in [-0.39, 0.29) is 17.4 Å². The molecule has 0 saturated heterocycles. The summed E-state index contributed by atoms with van der Waals surface area (Å²) in [6.07, 6.45) is 0.860. The predicted molar refractivity (Wildman–Crippen MR) is 132 cm³/mol. The summed E-state index contributed by atoms with van der Waals surface area (Å²) in [5, 5.41) is 3.71. The van der Waals surface area contributed by atoms with Crippen molar-refractivity contribution >= 4 is 35.2 Å². The standard InChI is InChI=1S/C25H33ClN2O3S/c1-6-22(24(30)27-25(2,3)4)28(17-18-8-7-9-20(16-18)31-5)23(29)14-15-32-21-12-10-19(26)11-13-21/h7-13,16,22H,6,14-15,17H2,1-5H3,(H,27,30)/t22-/m1/s1. The van der Waals surface area contributed by atoms with Crippen LogP contribution in [0.2, 0.25) is 5.02 Å². The van der Waals surface area contributed by atoms with Crippen LogP contribution < -0.4 is 10.1 Å². The Balaban J connectivity index is 2.17. The second-order valence-electron chi connectivity index (χ2n) is 8.59. The highest BCUT2D eigenvalue weighted by molar-refractivity contribution is 7.99. The van der Waals surface area contributed by atoms with E-state index in [1.54, 1.807) is 23.8 Å². The van der Waals surface area contributed by atoms with Crippen LogP contribution in [-0.4, -0.2) is 41.2 Å². The van der Waals surface area contributed by atoms with Gasteiger partial charge in [-0.25, -0.2) is 0 Å². The van der Waals surface area contributed by atoms with Crippen LogP contribution >= 0.6 is 23.4 Å². The van der Waals surface area contributed by atoms with Crippen LogP contribution in [0.3, 0.4) is 0 Å². The van der Waals surface area contributed by atoms with Gasteiger partial charge in [0.05, 0.1) is 7.11 Å². The second kappa shape index (κ2) is 12.2. The van der Waals surface area contributed by atoms with Crippen LogP contribution in [0.4, 0.5) is 0 Å². The Labute approximate surface area is 200 Å². The van der Waals surface area contributed by atoms with Crippen molar-refractivity contribution in [1.29, 1.82) is 0 Å². The third-order valence-electron chi connectivity index (χ3n) is 4.77. The van der Waals surface area contributed by atoms with E-state index < -0.39 is 6.04 Å². The molecule has 0 unspecified atom stereocenters. The number of hydrogen-bond acceptors (Lipinski definition) is 4. The summed E-state index contributed by atoms with van der Waals surface area (Å²) in [6, 6.07) is 14.6. The van der Waals surface area contributed by atoms with Gasteiger partial charge < -0.3 is 15.0 Å². The Kier molecular flexibility index (Phi) is 9.91. The molecule has 174 valence electrons. The molecule has 2 aromatic carbocycles. The average Bonchev–Trinajstić information content (AvgIpc) is 2.73. The number of thioether (sulfide) groups is 1. The lowest BCUT2D eigenvalue weighted by molar-refractivity contribution is -0.141. The Bertz CT molecular complexity index is 897. The summed E-state index contributed by atoms with van der Waals surface area (Å²) in [5.74, 6) is 1.15. The second-order valence-corrected chi connectivity index (χ2v) is 10.2. The number of benzene rings is 2. The van der Waals surface area contributed by atoms with Crippen molar-refractivity contribution in [1.82, 2.24) is 10.2 Å². The van der Waals surface area contributed by atoms with Crippen molar-refractivity contribution in [3.63, 3.8) is 0 Å². The van der Waals surface area contributed by atoms with Gasteiger partial charge in [0.15, 0.2) is 0 Å². The molecular weight excluding hydrogens is 444 g/mol. The minimum Gasteiger partial charge on any atom is -0.497 e. The Morgan fingerprint density at radius 2 is 1.84 bits per heavy atom. The highest BCUT2D eigenvalue weighted by Crippen LogP contribution is 2.23. The minimum absolute atomic E-state index is 0.0507. The number of methoxy groups -OCH3 is 1. The molecule has 0 aromatic heterocycles. The van der Waals surface area contributed by atoms with Crippen molar-refractivity contribution in [2.45, 2.75) is 63.6 Å². The van der Waals surface area contributed by atoms with Gasteiger partial charge >= 0.3 is 0 Å². The first kappa shape index (κ1) is 26.1. The van der Waals surface area contributed by atoms with Crippen LogP contribution in [0.25, 0.3) is 0 Å². The van der Waals surface area contributed by atoms with E-state index in [1.165, 1.54) is 0 Å². The molecule has 0 spiro atoms. The zero-order chi connectivity index (χ0) is 23.7. The van der Waals surface area contributed by atoms with Crippen LogP contribution in [-0.2, 0) is 16.1 Å². The van der Waals surface area contributed by atoms with E-state index in [0.29, 0.717) is 30.2 Å². The maximum Gasteiger partial charge on any atom is 0.243 e. The van der Waals surface area contributed by atoms with E-state index >= 15 is 0 Å². The first-order chi connectivity index (χ1) is 15.1. The molecule has 0 saturated carbocycles. The fourth-order valence-electron chi connectivity index (χ4n) is 3.27. The fraction of sp³-hybridized carbons (Fsp3) is 0.440. The van der Waals surface area contributed by atoms with E-state index in [4.69, 9.17) is 16.3 Å². The highest BCUT2D eigenvalue weighted by Gasteiger charge is 2.30. The SMILES string of the molecule is CC[C@H](C(=O)NC(C)(C)C)N(Cc1cccc(OC)c1)C(=O)CCSc1ccc(Cl)cc1. The fourth-order valence-corrected chi connectivity index (χ4v) is 4.24. The molecule has 2 aromatic rings. The van der Waals surface area contributed by atoms with Gasteiger partial charge in [-0.15, -0.1) is 11.8 Å². The van der Waals surface area contributed by atoms with Gasteiger partial charge in [-0.2, -0.15) is 0 Å². The lowest BCUT2D eigenvalue weighted by Crippen LogP contribution is -2.53. The number of hydrogen-bond donors (Lipinski definition) is 1. The maximum atomic E-state index is 13.3. The number of nitrogens with one attached hydrogen (secondary N) is 1. The van der Waals surface area contributed by atoms with Crippen LogP contribution in [0.1, 0.15) is 46.1 Å². The van der Waals surface area contributed by atoms with Gasteiger partial charge in [-0.1, -0.05) is 30.7 Å². The Hall–Kier alpha value is -2.18. The van der Waals surface area contributed by atoms with Gasteiger partial charge in [-0.05, 0) is 69.2 Å². The maximum absolute atomic E-state index is 13.3. The van der Waals surface area contributed by atoms with E-state index in [0.717, 1.165) is 16.2 Å². The molecule has 0 aliphatic rings. The first-order valence-corrected chi connectivity index (χ1v) is 12.1.